The average molecular weight is 197 g/mol. The Morgan fingerprint density at radius 1 is 1.43 bits per heavy atom. The van der Waals surface area contributed by atoms with Crippen LogP contribution in [0, 0.1) is 0 Å². The van der Waals surface area contributed by atoms with Crippen LogP contribution >= 0.6 is 0 Å². The fourth-order valence-electron chi connectivity index (χ4n) is 0.872. The molecular formula is C10H15NO3. The van der Waals surface area contributed by atoms with Crippen LogP contribution in [0.25, 0.3) is 0 Å². The number of carbonyl (C=O) groups excluding carboxylic acids is 2. The van der Waals surface area contributed by atoms with Gasteiger partial charge in [-0.2, -0.15) is 0 Å². The smallest absolute Gasteiger partial charge is 0.330 e. The lowest BCUT2D eigenvalue weighted by Crippen LogP contribution is -2.02. The van der Waals surface area contributed by atoms with Gasteiger partial charge < -0.3 is 4.74 Å². The van der Waals surface area contributed by atoms with Crippen molar-refractivity contribution in [3.8, 4) is 0 Å². The molecule has 4 heteroatoms. The minimum absolute atomic E-state index is 0.307. The van der Waals surface area contributed by atoms with E-state index in [0.717, 1.165) is 19.3 Å². The van der Waals surface area contributed by atoms with Gasteiger partial charge >= 0.3 is 5.97 Å². The Hall–Kier alpha value is -1.41. The first-order valence-corrected chi connectivity index (χ1v) is 4.64. The number of esters is 1. The Bertz CT molecular complexity index is 230. The summed E-state index contributed by atoms with van der Waals surface area (Å²) in [6.45, 7) is 2.69. The number of aliphatic imine (C=N–C) groups is 1. The number of unbranched alkanes of at least 4 members (excludes halogenated alkanes) is 2. The highest BCUT2D eigenvalue weighted by atomic mass is 16.5. The lowest BCUT2D eigenvalue weighted by atomic mass is 10.2. The maximum atomic E-state index is 10.8. The summed E-state index contributed by atoms with van der Waals surface area (Å²) in [4.78, 5) is 23.9. The van der Waals surface area contributed by atoms with Gasteiger partial charge in [-0.3, -0.25) is 0 Å². The quantitative estimate of drug-likeness (QED) is 0.205. The summed E-state index contributed by atoms with van der Waals surface area (Å²) in [7, 11) is 0. The molecule has 78 valence electrons. The number of rotatable bonds is 7. The molecule has 0 aromatic heterocycles. The SMILES string of the molecule is CC=CC(=O)OCCCCCN=C=O. The van der Waals surface area contributed by atoms with Crippen molar-refractivity contribution in [2.45, 2.75) is 26.2 Å². The zero-order chi connectivity index (χ0) is 10.6. The van der Waals surface area contributed by atoms with Crippen molar-refractivity contribution in [1.29, 1.82) is 0 Å². The van der Waals surface area contributed by atoms with Crippen molar-refractivity contribution < 1.29 is 14.3 Å². The van der Waals surface area contributed by atoms with Crippen molar-refractivity contribution in [3.63, 3.8) is 0 Å². The number of hydrogen-bond donors (Lipinski definition) is 0. The minimum atomic E-state index is -0.307. The maximum Gasteiger partial charge on any atom is 0.330 e. The van der Waals surface area contributed by atoms with E-state index >= 15 is 0 Å². The lowest BCUT2D eigenvalue weighted by Gasteiger charge is -2.00. The second-order valence-corrected chi connectivity index (χ2v) is 2.70. The third-order valence-corrected chi connectivity index (χ3v) is 1.53. The van der Waals surface area contributed by atoms with Gasteiger partial charge in [0.05, 0.1) is 13.2 Å². The Morgan fingerprint density at radius 3 is 2.86 bits per heavy atom. The molecule has 4 nitrogen and oxygen atoms in total. The van der Waals surface area contributed by atoms with E-state index in [-0.39, 0.29) is 5.97 Å². The highest BCUT2D eigenvalue weighted by Crippen LogP contribution is 1.96. The van der Waals surface area contributed by atoms with E-state index in [1.54, 1.807) is 13.0 Å². The standard InChI is InChI=1S/C10H15NO3/c1-2-6-10(13)14-8-5-3-4-7-11-9-12/h2,6H,3-5,7-8H2,1H3. The second kappa shape index (κ2) is 9.68. The molecule has 0 spiro atoms. The molecule has 14 heavy (non-hydrogen) atoms. The highest BCUT2D eigenvalue weighted by Gasteiger charge is 1.95. The number of hydrogen-bond acceptors (Lipinski definition) is 4. The Kier molecular flexibility index (Phi) is 8.70. The summed E-state index contributed by atoms with van der Waals surface area (Å²) in [5, 5.41) is 0. The molecule has 0 bridgehead atoms. The van der Waals surface area contributed by atoms with Gasteiger partial charge in [0, 0.05) is 6.08 Å². The number of carbonyl (C=O) groups is 1. The fourth-order valence-corrected chi connectivity index (χ4v) is 0.872. The van der Waals surface area contributed by atoms with Crippen LogP contribution in [0.5, 0.6) is 0 Å². The summed E-state index contributed by atoms with van der Waals surface area (Å²) < 4.78 is 4.86. The van der Waals surface area contributed by atoms with Crippen LogP contribution in [0.3, 0.4) is 0 Å². The topological polar surface area (TPSA) is 55.7 Å². The second-order valence-electron chi connectivity index (χ2n) is 2.70. The van der Waals surface area contributed by atoms with E-state index in [4.69, 9.17) is 4.74 Å². The van der Waals surface area contributed by atoms with Crippen LogP contribution in [0.15, 0.2) is 17.1 Å². The molecular weight excluding hydrogens is 182 g/mol. The number of nitrogens with zero attached hydrogens (tertiary/aromatic N) is 1. The Labute approximate surface area is 83.7 Å². The van der Waals surface area contributed by atoms with E-state index in [1.807, 2.05) is 0 Å². The first kappa shape index (κ1) is 12.6. The first-order chi connectivity index (χ1) is 6.81. The molecule has 0 unspecified atom stereocenters. The molecule has 0 fully saturated rings. The molecule has 0 saturated heterocycles. The number of ether oxygens (including phenoxy) is 1. The van der Waals surface area contributed by atoms with Crippen LogP contribution in [-0.4, -0.2) is 25.2 Å². The number of isocyanates is 1. The van der Waals surface area contributed by atoms with Gasteiger partial charge in [-0.1, -0.05) is 6.08 Å². The predicted octanol–water partition coefficient (Wildman–Crippen LogP) is 1.61. The molecule has 0 amide bonds. The molecule has 0 heterocycles. The molecule has 0 aliphatic heterocycles. The largest absolute Gasteiger partial charge is 0.463 e. The van der Waals surface area contributed by atoms with Crippen LogP contribution in [0.1, 0.15) is 26.2 Å². The Balaban J connectivity index is 3.21. The van der Waals surface area contributed by atoms with Gasteiger partial charge in [0.2, 0.25) is 6.08 Å². The summed E-state index contributed by atoms with van der Waals surface area (Å²) in [5.41, 5.74) is 0. The molecule has 0 aliphatic carbocycles. The van der Waals surface area contributed by atoms with Crippen molar-refractivity contribution in [2.75, 3.05) is 13.2 Å². The van der Waals surface area contributed by atoms with Gasteiger partial charge in [0.25, 0.3) is 0 Å². The zero-order valence-electron chi connectivity index (χ0n) is 8.36. The van der Waals surface area contributed by atoms with Crippen molar-refractivity contribution in [2.24, 2.45) is 4.99 Å². The monoisotopic (exact) mass is 197 g/mol. The maximum absolute atomic E-state index is 10.8. The van der Waals surface area contributed by atoms with Gasteiger partial charge in [-0.15, -0.1) is 0 Å². The van der Waals surface area contributed by atoms with E-state index < -0.39 is 0 Å². The molecule has 0 aliphatic rings. The third kappa shape index (κ3) is 8.68. The summed E-state index contributed by atoms with van der Waals surface area (Å²) >= 11 is 0. The first-order valence-electron chi connectivity index (χ1n) is 4.64. The summed E-state index contributed by atoms with van der Waals surface area (Å²) in [6, 6.07) is 0. The molecule has 0 saturated carbocycles. The van der Waals surface area contributed by atoms with Crippen LogP contribution in [0.2, 0.25) is 0 Å². The van der Waals surface area contributed by atoms with E-state index in [2.05, 4.69) is 4.99 Å². The van der Waals surface area contributed by atoms with Crippen molar-refractivity contribution in [3.05, 3.63) is 12.2 Å². The normalized spacial score (nSPS) is 9.79. The number of allylic oxidation sites excluding steroid dienone is 1. The fraction of sp³-hybridized carbons (Fsp3) is 0.600. The van der Waals surface area contributed by atoms with Crippen LogP contribution in [0.4, 0.5) is 0 Å². The van der Waals surface area contributed by atoms with Crippen molar-refractivity contribution in [1.82, 2.24) is 0 Å². The molecule has 0 N–H and O–H groups in total. The van der Waals surface area contributed by atoms with Gasteiger partial charge in [-0.25, -0.2) is 14.6 Å². The van der Waals surface area contributed by atoms with E-state index in [9.17, 15) is 9.59 Å². The third-order valence-electron chi connectivity index (χ3n) is 1.53. The van der Waals surface area contributed by atoms with E-state index in [1.165, 1.54) is 12.2 Å². The van der Waals surface area contributed by atoms with Gasteiger partial charge in [-0.05, 0) is 26.2 Å². The summed E-state index contributed by atoms with van der Waals surface area (Å²) in [5.74, 6) is -0.307. The van der Waals surface area contributed by atoms with Crippen LogP contribution in [-0.2, 0) is 14.3 Å². The predicted molar refractivity (Wildman–Crippen MR) is 52.6 cm³/mol. The van der Waals surface area contributed by atoms with E-state index in [0.29, 0.717) is 13.2 Å². The van der Waals surface area contributed by atoms with Crippen LogP contribution < -0.4 is 0 Å². The molecule has 0 aromatic carbocycles. The molecule has 0 rings (SSSR count). The molecule has 0 radical (unpaired) electrons. The lowest BCUT2D eigenvalue weighted by molar-refractivity contribution is -0.137. The van der Waals surface area contributed by atoms with Gasteiger partial charge in [0.15, 0.2) is 0 Å². The van der Waals surface area contributed by atoms with Crippen molar-refractivity contribution >= 4 is 12.0 Å². The highest BCUT2D eigenvalue weighted by molar-refractivity contribution is 5.81. The molecule has 0 atom stereocenters. The van der Waals surface area contributed by atoms with Gasteiger partial charge in [0.1, 0.15) is 0 Å². The summed E-state index contributed by atoms with van der Waals surface area (Å²) in [6.07, 6.45) is 7.03. The Morgan fingerprint density at radius 2 is 2.21 bits per heavy atom. The average Bonchev–Trinajstić information content (AvgIpc) is 2.17. The zero-order valence-corrected chi connectivity index (χ0v) is 8.36. The minimum Gasteiger partial charge on any atom is -0.463 e. The molecule has 0 aromatic rings.